The fourth-order valence-corrected chi connectivity index (χ4v) is 4.41. The Kier molecular flexibility index (Phi) is 5.06. The Hall–Kier alpha value is -2.70. The molecule has 0 radical (unpaired) electrons. The molecule has 26 heavy (non-hydrogen) atoms. The summed E-state index contributed by atoms with van der Waals surface area (Å²) in [5.74, 6) is 0.0766. The lowest BCUT2D eigenvalue weighted by molar-refractivity contribution is -0.121. The van der Waals surface area contributed by atoms with Gasteiger partial charge in [-0.15, -0.1) is 0 Å². The second-order valence-electron chi connectivity index (χ2n) is 6.19. The summed E-state index contributed by atoms with van der Waals surface area (Å²) in [5.41, 5.74) is 0.900. The number of carbonyl (C=O) groups is 1. The van der Waals surface area contributed by atoms with E-state index < -0.39 is 16.1 Å². The van der Waals surface area contributed by atoms with Crippen LogP contribution in [0.5, 0.6) is 0 Å². The number of nitriles is 1. The Bertz CT molecular complexity index is 961. The van der Waals surface area contributed by atoms with Gasteiger partial charge in [-0.05, 0) is 30.5 Å². The molecule has 3 rings (SSSR count). The molecule has 1 aliphatic heterocycles. The van der Waals surface area contributed by atoms with E-state index in [-0.39, 0.29) is 11.7 Å². The van der Waals surface area contributed by atoms with Crippen LogP contribution >= 0.6 is 0 Å². The van der Waals surface area contributed by atoms with Gasteiger partial charge in [0.25, 0.3) is 0 Å². The monoisotopic (exact) mass is 373 g/mol. The fraction of sp³-hybridized carbons (Fsp3) is 0.353. The first-order chi connectivity index (χ1) is 12.4. The zero-order valence-electron chi connectivity index (χ0n) is 14.3. The maximum atomic E-state index is 12.7. The Morgan fingerprint density at radius 2 is 2.19 bits per heavy atom. The maximum absolute atomic E-state index is 12.7. The first-order valence-corrected chi connectivity index (χ1v) is 9.83. The van der Waals surface area contributed by atoms with Crippen LogP contribution in [0.1, 0.15) is 24.0 Å². The van der Waals surface area contributed by atoms with Crippen LogP contribution in [-0.2, 0) is 27.6 Å². The van der Waals surface area contributed by atoms with Gasteiger partial charge in [-0.1, -0.05) is 12.1 Å². The van der Waals surface area contributed by atoms with E-state index in [1.165, 1.54) is 6.07 Å². The molecule has 1 aromatic heterocycles. The molecule has 0 bridgehead atoms. The Morgan fingerprint density at radius 3 is 2.88 bits per heavy atom. The largest absolute Gasteiger partial charge is 0.296 e. The predicted molar refractivity (Wildman–Crippen MR) is 95.5 cm³/mol. The minimum Gasteiger partial charge on any atom is -0.296 e. The summed E-state index contributed by atoms with van der Waals surface area (Å²) in [5, 5.41) is 13.0. The Morgan fingerprint density at radius 1 is 1.38 bits per heavy atom. The van der Waals surface area contributed by atoms with Gasteiger partial charge in [0, 0.05) is 19.7 Å². The third-order valence-corrected chi connectivity index (χ3v) is 5.60. The van der Waals surface area contributed by atoms with Gasteiger partial charge in [0.15, 0.2) is 0 Å². The molecule has 0 saturated carbocycles. The molecule has 1 aromatic carbocycles. The molecule has 8 nitrogen and oxygen atoms in total. The number of sulfonamides is 1. The molecular weight excluding hydrogens is 354 g/mol. The number of anilines is 1. The summed E-state index contributed by atoms with van der Waals surface area (Å²) in [6, 6.07) is 9.33. The van der Waals surface area contributed by atoms with Gasteiger partial charge >= 0.3 is 0 Å². The van der Waals surface area contributed by atoms with Gasteiger partial charge in [-0.2, -0.15) is 10.4 Å². The highest BCUT2D eigenvalue weighted by Crippen LogP contribution is 2.21. The normalized spacial score (nSPS) is 17.9. The highest BCUT2D eigenvalue weighted by Gasteiger charge is 2.33. The molecule has 0 aliphatic carbocycles. The van der Waals surface area contributed by atoms with Crippen LogP contribution in [0, 0.1) is 11.3 Å². The number of nitrogens with one attached hydrogen (secondary N) is 1. The number of rotatable bonds is 5. The van der Waals surface area contributed by atoms with Crippen molar-refractivity contribution in [3.63, 3.8) is 0 Å². The number of aromatic nitrogens is 2. The molecule has 1 N–H and O–H groups in total. The van der Waals surface area contributed by atoms with Crippen molar-refractivity contribution in [3.8, 4) is 6.07 Å². The number of amides is 1. The highest BCUT2D eigenvalue weighted by atomic mass is 32.2. The molecule has 2 heterocycles. The Labute approximate surface area is 152 Å². The number of aryl methyl sites for hydroxylation is 1. The molecule has 1 aliphatic rings. The number of hydrogen-bond acceptors (Lipinski definition) is 5. The van der Waals surface area contributed by atoms with Crippen LogP contribution in [0.2, 0.25) is 0 Å². The topological polar surface area (TPSA) is 108 Å². The lowest BCUT2D eigenvalue weighted by Gasteiger charge is -2.32. The lowest BCUT2D eigenvalue weighted by Crippen LogP contribution is -2.53. The summed E-state index contributed by atoms with van der Waals surface area (Å²) in [7, 11) is -1.99. The molecule has 136 valence electrons. The average molecular weight is 373 g/mol. The van der Waals surface area contributed by atoms with E-state index in [1.807, 2.05) is 6.07 Å². The Balaban J connectivity index is 1.73. The number of benzene rings is 1. The van der Waals surface area contributed by atoms with E-state index in [1.54, 1.807) is 47.1 Å². The van der Waals surface area contributed by atoms with Crippen LogP contribution < -0.4 is 9.62 Å². The van der Waals surface area contributed by atoms with E-state index >= 15 is 0 Å². The van der Waals surface area contributed by atoms with Crippen molar-refractivity contribution in [2.24, 2.45) is 7.05 Å². The van der Waals surface area contributed by atoms with Crippen molar-refractivity contribution in [2.45, 2.75) is 24.6 Å². The minimum absolute atomic E-state index is 0.280. The first-order valence-electron chi connectivity index (χ1n) is 8.18. The van der Waals surface area contributed by atoms with Crippen molar-refractivity contribution in [3.05, 3.63) is 47.7 Å². The van der Waals surface area contributed by atoms with Crippen molar-refractivity contribution in [1.82, 2.24) is 14.5 Å². The van der Waals surface area contributed by atoms with Crippen LogP contribution in [-0.4, -0.2) is 36.7 Å². The van der Waals surface area contributed by atoms with Crippen LogP contribution in [0.25, 0.3) is 0 Å². The molecule has 9 heteroatoms. The molecule has 0 spiro atoms. The van der Waals surface area contributed by atoms with Gasteiger partial charge in [0.05, 0.1) is 23.6 Å². The smallest absolute Gasteiger partial charge is 0.246 e. The number of carbonyl (C=O) groups excluding carboxylic acids is 1. The predicted octanol–water partition coefficient (Wildman–Crippen LogP) is 0.907. The third kappa shape index (κ3) is 3.92. The van der Waals surface area contributed by atoms with Gasteiger partial charge in [0.1, 0.15) is 11.9 Å². The number of nitrogens with zero attached hydrogens (tertiary/aromatic N) is 4. The van der Waals surface area contributed by atoms with Crippen molar-refractivity contribution >= 4 is 21.7 Å². The SMILES string of the molecule is Cn1nccc1N1CCC[C@@H](NS(=O)(=O)Cc2cccc(C#N)c2)C1=O. The van der Waals surface area contributed by atoms with Gasteiger partial charge in [0.2, 0.25) is 15.9 Å². The summed E-state index contributed by atoms with van der Waals surface area (Å²) >= 11 is 0. The van der Waals surface area contributed by atoms with E-state index in [9.17, 15) is 13.2 Å². The lowest BCUT2D eigenvalue weighted by atomic mass is 10.1. The summed E-state index contributed by atoms with van der Waals surface area (Å²) < 4.78 is 29.1. The highest BCUT2D eigenvalue weighted by molar-refractivity contribution is 7.88. The van der Waals surface area contributed by atoms with E-state index in [0.29, 0.717) is 36.3 Å². The van der Waals surface area contributed by atoms with E-state index in [2.05, 4.69) is 9.82 Å². The number of hydrogen-bond donors (Lipinski definition) is 1. The van der Waals surface area contributed by atoms with Crippen molar-refractivity contribution < 1.29 is 13.2 Å². The van der Waals surface area contributed by atoms with Gasteiger partial charge in [-0.25, -0.2) is 13.1 Å². The van der Waals surface area contributed by atoms with Crippen molar-refractivity contribution in [1.29, 1.82) is 5.26 Å². The molecule has 1 amide bonds. The van der Waals surface area contributed by atoms with Gasteiger partial charge < -0.3 is 0 Å². The van der Waals surface area contributed by atoms with E-state index in [0.717, 1.165) is 0 Å². The zero-order valence-corrected chi connectivity index (χ0v) is 15.1. The van der Waals surface area contributed by atoms with Crippen molar-refractivity contribution in [2.75, 3.05) is 11.4 Å². The number of piperidine rings is 1. The summed E-state index contributed by atoms with van der Waals surface area (Å²) in [6.45, 7) is 0.529. The van der Waals surface area contributed by atoms with Crippen LogP contribution in [0.15, 0.2) is 36.5 Å². The quantitative estimate of drug-likeness (QED) is 0.838. The third-order valence-electron chi connectivity index (χ3n) is 4.24. The summed E-state index contributed by atoms with van der Waals surface area (Å²) in [6.07, 6.45) is 2.73. The van der Waals surface area contributed by atoms with Gasteiger partial charge in [-0.3, -0.25) is 14.4 Å². The standard InChI is InChI=1S/C17H19N5O3S/c1-21-16(7-8-19-21)22-9-3-6-15(17(22)23)20-26(24,25)12-14-5-2-4-13(10-14)11-18/h2,4-5,7-8,10,15,20H,3,6,9,12H2,1H3/t15-/m1/s1. The molecular formula is C17H19N5O3S. The molecule has 1 saturated heterocycles. The molecule has 1 fully saturated rings. The van der Waals surface area contributed by atoms with E-state index in [4.69, 9.17) is 5.26 Å². The molecule has 0 unspecified atom stereocenters. The molecule has 1 atom stereocenters. The summed E-state index contributed by atoms with van der Waals surface area (Å²) in [4.78, 5) is 14.3. The molecule has 2 aromatic rings. The van der Waals surface area contributed by atoms with Crippen LogP contribution in [0.3, 0.4) is 0 Å². The second kappa shape index (κ2) is 7.27. The minimum atomic E-state index is -3.72. The fourth-order valence-electron chi connectivity index (χ4n) is 3.05. The zero-order chi connectivity index (χ0) is 18.7. The average Bonchev–Trinajstić information content (AvgIpc) is 3.02. The maximum Gasteiger partial charge on any atom is 0.246 e. The first kappa shape index (κ1) is 18.1. The van der Waals surface area contributed by atoms with Crippen LogP contribution in [0.4, 0.5) is 5.82 Å². The second-order valence-corrected chi connectivity index (χ2v) is 7.94.